The fourth-order valence-electron chi connectivity index (χ4n) is 2.56. The van der Waals surface area contributed by atoms with Crippen molar-refractivity contribution < 1.29 is 19.5 Å². The molecular weight excluding hydrogens is 459 g/mol. The Balaban J connectivity index is 1.54. The number of carboxylic acid groups (broad SMARTS) is 1. The Morgan fingerprint density at radius 2 is 1.61 bits per heavy atom. The Hall–Kier alpha value is -3.00. The summed E-state index contributed by atoms with van der Waals surface area (Å²) in [4.78, 5) is 36.3. The summed E-state index contributed by atoms with van der Waals surface area (Å²) in [7, 11) is 0. The standard InChI is InChI=1S/C22H16Cl2N2O4S/c23-15-3-1-2-13(10-15)21(28)25-16-5-7-17(8-6-16)31-12-20(27)26-19-11-14(22(29)30)4-9-18(19)24/h1-11H,12H2,(H,25,28)(H,26,27)(H,29,30). The quantitative estimate of drug-likeness (QED) is 0.383. The largest absolute Gasteiger partial charge is 0.478 e. The number of nitrogens with one attached hydrogen (secondary N) is 2. The van der Waals surface area contributed by atoms with E-state index in [1.165, 1.54) is 30.0 Å². The first-order valence-electron chi connectivity index (χ1n) is 8.94. The van der Waals surface area contributed by atoms with E-state index >= 15 is 0 Å². The van der Waals surface area contributed by atoms with Crippen LogP contribution in [-0.4, -0.2) is 28.6 Å². The van der Waals surface area contributed by atoms with Gasteiger partial charge in [-0.3, -0.25) is 9.59 Å². The minimum Gasteiger partial charge on any atom is -0.478 e. The predicted octanol–water partition coefficient (Wildman–Crippen LogP) is 5.67. The molecule has 0 aliphatic carbocycles. The summed E-state index contributed by atoms with van der Waals surface area (Å²) in [6.45, 7) is 0. The highest BCUT2D eigenvalue weighted by Gasteiger charge is 2.11. The molecular formula is C22H16Cl2N2O4S. The van der Waals surface area contributed by atoms with Gasteiger partial charge in [-0.15, -0.1) is 11.8 Å². The molecule has 6 nitrogen and oxygen atoms in total. The van der Waals surface area contributed by atoms with Gasteiger partial charge in [-0.05, 0) is 60.7 Å². The number of aromatic carboxylic acids is 1. The van der Waals surface area contributed by atoms with Crippen molar-refractivity contribution >= 4 is 64.1 Å². The molecule has 0 radical (unpaired) electrons. The van der Waals surface area contributed by atoms with Crippen LogP contribution in [0.5, 0.6) is 0 Å². The van der Waals surface area contributed by atoms with Crippen LogP contribution in [0.1, 0.15) is 20.7 Å². The number of carboxylic acids is 1. The van der Waals surface area contributed by atoms with Gasteiger partial charge in [0, 0.05) is 21.2 Å². The Kier molecular flexibility index (Phi) is 7.57. The van der Waals surface area contributed by atoms with E-state index in [2.05, 4.69) is 10.6 Å². The van der Waals surface area contributed by atoms with Gasteiger partial charge in [0.2, 0.25) is 5.91 Å². The van der Waals surface area contributed by atoms with Crippen molar-refractivity contribution in [2.24, 2.45) is 0 Å². The van der Waals surface area contributed by atoms with Crippen molar-refractivity contribution in [2.75, 3.05) is 16.4 Å². The fourth-order valence-corrected chi connectivity index (χ4v) is 3.61. The van der Waals surface area contributed by atoms with Crippen LogP contribution in [0.25, 0.3) is 0 Å². The highest BCUT2D eigenvalue weighted by molar-refractivity contribution is 8.00. The molecule has 31 heavy (non-hydrogen) atoms. The van der Waals surface area contributed by atoms with E-state index in [1.54, 1.807) is 48.5 Å². The van der Waals surface area contributed by atoms with Gasteiger partial charge < -0.3 is 15.7 Å². The first-order valence-corrected chi connectivity index (χ1v) is 10.7. The topological polar surface area (TPSA) is 95.5 Å². The molecule has 0 aliphatic rings. The van der Waals surface area contributed by atoms with Crippen LogP contribution in [0.15, 0.2) is 71.6 Å². The molecule has 0 spiro atoms. The SMILES string of the molecule is O=C(CSc1ccc(NC(=O)c2cccc(Cl)c2)cc1)Nc1cc(C(=O)O)ccc1Cl. The Morgan fingerprint density at radius 3 is 2.29 bits per heavy atom. The summed E-state index contributed by atoms with van der Waals surface area (Å²) in [6, 6.07) is 17.8. The van der Waals surface area contributed by atoms with Crippen LogP contribution in [0.4, 0.5) is 11.4 Å². The lowest BCUT2D eigenvalue weighted by Crippen LogP contribution is -2.15. The molecule has 2 amide bonds. The number of halogens is 2. The van der Waals surface area contributed by atoms with Crippen LogP contribution in [0.2, 0.25) is 10.0 Å². The highest BCUT2D eigenvalue weighted by Crippen LogP contribution is 2.25. The van der Waals surface area contributed by atoms with Gasteiger partial charge in [0.25, 0.3) is 5.91 Å². The van der Waals surface area contributed by atoms with Gasteiger partial charge in [0.05, 0.1) is 22.0 Å². The van der Waals surface area contributed by atoms with Crippen LogP contribution >= 0.6 is 35.0 Å². The molecule has 0 saturated carbocycles. The smallest absolute Gasteiger partial charge is 0.335 e. The third-order valence-electron chi connectivity index (χ3n) is 4.06. The van der Waals surface area contributed by atoms with Crippen molar-refractivity contribution in [3.8, 4) is 0 Å². The molecule has 0 bridgehead atoms. The molecule has 3 aromatic rings. The minimum atomic E-state index is -1.11. The average molecular weight is 475 g/mol. The number of hydrogen-bond acceptors (Lipinski definition) is 4. The maximum atomic E-state index is 12.3. The molecule has 0 aliphatic heterocycles. The lowest BCUT2D eigenvalue weighted by Gasteiger charge is -2.09. The molecule has 3 N–H and O–H groups in total. The van der Waals surface area contributed by atoms with E-state index in [0.717, 1.165) is 4.90 Å². The summed E-state index contributed by atoms with van der Waals surface area (Å²) in [5.74, 6) is -1.61. The number of thioether (sulfide) groups is 1. The van der Waals surface area contributed by atoms with E-state index in [-0.39, 0.29) is 33.8 Å². The summed E-state index contributed by atoms with van der Waals surface area (Å²) in [6.07, 6.45) is 0. The van der Waals surface area contributed by atoms with Crippen LogP contribution < -0.4 is 10.6 Å². The average Bonchev–Trinajstić information content (AvgIpc) is 2.74. The molecule has 0 unspecified atom stereocenters. The van der Waals surface area contributed by atoms with Crippen LogP contribution in [-0.2, 0) is 4.79 Å². The third kappa shape index (κ3) is 6.49. The van der Waals surface area contributed by atoms with Gasteiger partial charge in [-0.2, -0.15) is 0 Å². The summed E-state index contributed by atoms with van der Waals surface area (Å²) in [5, 5.41) is 15.2. The first kappa shape index (κ1) is 22.7. The third-order valence-corrected chi connectivity index (χ3v) is 5.63. The van der Waals surface area contributed by atoms with E-state index in [1.807, 2.05) is 0 Å². The van der Waals surface area contributed by atoms with Crippen molar-refractivity contribution in [3.63, 3.8) is 0 Å². The second-order valence-corrected chi connectivity index (χ2v) is 8.22. The zero-order chi connectivity index (χ0) is 22.4. The second-order valence-electron chi connectivity index (χ2n) is 6.33. The summed E-state index contributed by atoms with van der Waals surface area (Å²) in [5.41, 5.74) is 1.33. The monoisotopic (exact) mass is 474 g/mol. The van der Waals surface area contributed by atoms with Crippen LogP contribution in [0.3, 0.4) is 0 Å². The number of carbonyl (C=O) groups excluding carboxylic acids is 2. The lowest BCUT2D eigenvalue weighted by molar-refractivity contribution is -0.113. The van der Waals surface area contributed by atoms with Crippen molar-refractivity contribution in [2.45, 2.75) is 4.90 Å². The summed E-state index contributed by atoms with van der Waals surface area (Å²) < 4.78 is 0. The van der Waals surface area contributed by atoms with E-state index < -0.39 is 5.97 Å². The van der Waals surface area contributed by atoms with E-state index in [9.17, 15) is 14.4 Å². The van der Waals surface area contributed by atoms with Gasteiger partial charge >= 0.3 is 5.97 Å². The molecule has 3 aromatic carbocycles. The number of amides is 2. The summed E-state index contributed by atoms with van der Waals surface area (Å²) >= 11 is 13.2. The zero-order valence-electron chi connectivity index (χ0n) is 15.9. The Labute approximate surface area is 192 Å². The maximum absolute atomic E-state index is 12.3. The zero-order valence-corrected chi connectivity index (χ0v) is 18.2. The molecule has 158 valence electrons. The minimum absolute atomic E-state index is 0.0303. The van der Waals surface area contributed by atoms with Gasteiger partial charge in [-0.1, -0.05) is 29.3 Å². The van der Waals surface area contributed by atoms with Crippen molar-refractivity contribution in [1.29, 1.82) is 0 Å². The molecule has 0 aromatic heterocycles. The van der Waals surface area contributed by atoms with Gasteiger partial charge in [0.1, 0.15) is 0 Å². The predicted molar refractivity (Wildman–Crippen MR) is 124 cm³/mol. The lowest BCUT2D eigenvalue weighted by atomic mass is 10.2. The number of carbonyl (C=O) groups is 3. The van der Waals surface area contributed by atoms with Gasteiger partial charge in [-0.25, -0.2) is 4.79 Å². The Bertz CT molecular complexity index is 1140. The van der Waals surface area contributed by atoms with Crippen molar-refractivity contribution in [3.05, 3.63) is 87.9 Å². The molecule has 0 atom stereocenters. The van der Waals surface area contributed by atoms with Gasteiger partial charge in [0.15, 0.2) is 0 Å². The molecule has 3 rings (SSSR count). The Morgan fingerprint density at radius 1 is 0.871 bits per heavy atom. The van der Waals surface area contributed by atoms with E-state index in [0.29, 0.717) is 16.3 Å². The number of hydrogen-bond donors (Lipinski definition) is 3. The number of anilines is 2. The number of rotatable bonds is 7. The van der Waals surface area contributed by atoms with Crippen molar-refractivity contribution in [1.82, 2.24) is 0 Å². The molecule has 0 heterocycles. The normalized spacial score (nSPS) is 10.4. The molecule has 0 saturated heterocycles. The number of benzene rings is 3. The molecule has 0 fully saturated rings. The first-order chi connectivity index (χ1) is 14.8. The van der Waals surface area contributed by atoms with Crippen LogP contribution in [0, 0.1) is 0 Å². The maximum Gasteiger partial charge on any atom is 0.335 e. The molecule has 9 heteroatoms. The van der Waals surface area contributed by atoms with E-state index in [4.69, 9.17) is 28.3 Å². The fraction of sp³-hybridized carbons (Fsp3) is 0.0455. The second kappa shape index (κ2) is 10.3. The highest BCUT2D eigenvalue weighted by atomic mass is 35.5.